The molecule has 0 unspecified atom stereocenters. The number of piperidine rings is 1. The maximum absolute atomic E-state index is 12.2. The Balaban J connectivity index is 1.61. The van der Waals surface area contributed by atoms with Gasteiger partial charge in [0.1, 0.15) is 5.75 Å². The van der Waals surface area contributed by atoms with Crippen LogP contribution in [0.25, 0.3) is 0 Å². The largest absolute Gasteiger partial charge is 0.573 e. The molecule has 0 saturated carbocycles. The maximum Gasteiger partial charge on any atom is 0.573 e. The first kappa shape index (κ1) is 14.7. The van der Waals surface area contributed by atoms with E-state index in [-0.39, 0.29) is 5.75 Å². The topological polar surface area (TPSA) is 24.5 Å². The lowest BCUT2D eigenvalue weighted by atomic mass is 9.94. The Morgan fingerprint density at radius 2 is 2.14 bits per heavy atom. The predicted octanol–water partition coefficient (Wildman–Crippen LogP) is 2.77. The Labute approximate surface area is 122 Å². The van der Waals surface area contributed by atoms with E-state index in [1.54, 1.807) is 6.07 Å². The molecule has 2 fully saturated rings. The zero-order chi connectivity index (χ0) is 14.9. The maximum atomic E-state index is 12.2. The number of ether oxygens (including phenoxy) is 1. The molecule has 0 aliphatic carbocycles. The van der Waals surface area contributed by atoms with Crippen molar-refractivity contribution < 1.29 is 17.9 Å². The van der Waals surface area contributed by atoms with Crippen LogP contribution in [0.4, 0.5) is 13.2 Å². The molecule has 0 aromatic heterocycles. The number of benzene rings is 1. The van der Waals surface area contributed by atoms with Crippen molar-refractivity contribution in [3.8, 4) is 5.75 Å². The van der Waals surface area contributed by atoms with E-state index in [0.29, 0.717) is 18.5 Å². The van der Waals surface area contributed by atoms with Crippen molar-refractivity contribution in [1.29, 1.82) is 0 Å². The van der Waals surface area contributed by atoms with E-state index in [1.165, 1.54) is 25.0 Å². The van der Waals surface area contributed by atoms with Gasteiger partial charge in [-0.05, 0) is 43.0 Å². The summed E-state index contributed by atoms with van der Waals surface area (Å²) in [5, 5.41) is 3.52. The first-order valence-electron chi connectivity index (χ1n) is 7.30. The molecular weight excluding hydrogens is 281 g/mol. The van der Waals surface area contributed by atoms with Gasteiger partial charge in [0, 0.05) is 25.7 Å². The number of nitrogens with one attached hydrogen (secondary N) is 1. The molecule has 21 heavy (non-hydrogen) atoms. The Morgan fingerprint density at radius 1 is 1.29 bits per heavy atom. The first-order valence-corrected chi connectivity index (χ1v) is 7.30. The van der Waals surface area contributed by atoms with Crippen LogP contribution >= 0.6 is 0 Å². The lowest BCUT2D eigenvalue weighted by Crippen LogP contribution is -2.40. The van der Waals surface area contributed by atoms with Crippen LogP contribution in [0.1, 0.15) is 18.4 Å². The van der Waals surface area contributed by atoms with Gasteiger partial charge >= 0.3 is 6.36 Å². The van der Waals surface area contributed by atoms with E-state index < -0.39 is 6.36 Å². The van der Waals surface area contributed by atoms with E-state index in [2.05, 4.69) is 15.0 Å². The van der Waals surface area contributed by atoms with Gasteiger partial charge in [-0.2, -0.15) is 0 Å². The lowest BCUT2D eigenvalue weighted by Gasteiger charge is -2.24. The van der Waals surface area contributed by atoms with Crippen LogP contribution in [-0.2, 0) is 6.54 Å². The summed E-state index contributed by atoms with van der Waals surface area (Å²) in [6, 6.07) is 6.80. The zero-order valence-electron chi connectivity index (χ0n) is 11.7. The molecule has 0 bridgehead atoms. The number of rotatable bonds is 3. The van der Waals surface area contributed by atoms with Crippen LogP contribution in [0.15, 0.2) is 24.3 Å². The molecule has 0 amide bonds. The summed E-state index contributed by atoms with van der Waals surface area (Å²) in [5.74, 6) is 0.531. The fraction of sp³-hybridized carbons (Fsp3) is 0.600. The first-order chi connectivity index (χ1) is 9.99. The average molecular weight is 300 g/mol. The third-order valence-corrected chi connectivity index (χ3v) is 4.21. The molecule has 2 atom stereocenters. The smallest absolute Gasteiger partial charge is 0.406 e. The number of fused-ring (bicyclic) bond motifs is 1. The molecular formula is C15H19F3N2O. The van der Waals surface area contributed by atoms with Crippen LogP contribution in [0.2, 0.25) is 0 Å². The summed E-state index contributed by atoms with van der Waals surface area (Å²) in [7, 11) is 0. The van der Waals surface area contributed by atoms with Gasteiger partial charge in [-0.1, -0.05) is 12.1 Å². The van der Waals surface area contributed by atoms with Crippen molar-refractivity contribution in [2.45, 2.75) is 31.8 Å². The fourth-order valence-electron chi connectivity index (χ4n) is 3.36. The van der Waals surface area contributed by atoms with Crippen molar-refractivity contribution in [3.63, 3.8) is 0 Å². The van der Waals surface area contributed by atoms with E-state index in [0.717, 1.165) is 25.2 Å². The van der Waals surface area contributed by atoms with Gasteiger partial charge in [-0.25, -0.2) is 0 Å². The standard InChI is InChI=1S/C15H19F3N2O/c16-15(17,18)21-13-5-1-3-11(7-13)8-20-9-12-4-2-6-19-14(12)10-20/h1,3,5,7,12,14,19H,2,4,6,8-10H2/t12-,14+/m0/s1. The number of hydrogen-bond donors (Lipinski definition) is 1. The average Bonchev–Trinajstić information content (AvgIpc) is 2.79. The molecule has 1 aromatic rings. The fourth-order valence-corrected chi connectivity index (χ4v) is 3.36. The number of alkyl halides is 3. The molecule has 0 spiro atoms. The van der Waals surface area contributed by atoms with Gasteiger partial charge in [-0.15, -0.1) is 13.2 Å². The summed E-state index contributed by atoms with van der Waals surface area (Å²) in [5.41, 5.74) is 0.857. The van der Waals surface area contributed by atoms with Crippen molar-refractivity contribution in [3.05, 3.63) is 29.8 Å². The van der Waals surface area contributed by atoms with Crippen LogP contribution < -0.4 is 10.1 Å². The van der Waals surface area contributed by atoms with E-state index >= 15 is 0 Å². The minimum Gasteiger partial charge on any atom is -0.406 e. The monoisotopic (exact) mass is 300 g/mol. The summed E-state index contributed by atoms with van der Waals surface area (Å²) >= 11 is 0. The minimum absolute atomic E-state index is 0.144. The molecule has 2 aliphatic rings. The molecule has 116 valence electrons. The highest BCUT2D eigenvalue weighted by Crippen LogP contribution is 2.27. The Bertz CT molecular complexity index is 478. The van der Waals surface area contributed by atoms with E-state index in [1.807, 2.05) is 6.07 Å². The normalized spacial score (nSPS) is 26.6. The molecule has 2 saturated heterocycles. The van der Waals surface area contributed by atoms with E-state index in [9.17, 15) is 13.2 Å². The van der Waals surface area contributed by atoms with Gasteiger partial charge in [-0.3, -0.25) is 4.90 Å². The van der Waals surface area contributed by atoms with Crippen LogP contribution in [-0.4, -0.2) is 36.9 Å². The molecule has 1 N–H and O–H groups in total. The van der Waals surface area contributed by atoms with Gasteiger partial charge in [0.15, 0.2) is 0 Å². The number of nitrogens with zero attached hydrogens (tertiary/aromatic N) is 1. The lowest BCUT2D eigenvalue weighted by molar-refractivity contribution is -0.274. The Hall–Kier alpha value is -1.27. The Kier molecular flexibility index (Phi) is 4.08. The van der Waals surface area contributed by atoms with Gasteiger partial charge < -0.3 is 10.1 Å². The van der Waals surface area contributed by atoms with Gasteiger partial charge in [0.25, 0.3) is 0 Å². The predicted molar refractivity (Wildman–Crippen MR) is 72.9 cm³/mol. The molecule has 0 radical (unpaired) electrons. The molecule has 1 aromatic carbocycles. The van der Waals surface area contributed by atoms with Crippen LogP contribution in [0.3, 0.4) is 0 Å². The van der Waals surface area contributed by atoms with Crippen molar-refractivity contribution in [2.75, 3.05) is 19.6 Å². The molecule has 2 heterocycles. The Morgan fingerprint density at radius 3 is 2.90 bits per heavy atom. The van der Waals surface area contributed by atoms with Crippen LogP contribution in [0.5, 0.6) is 5.75 Å². The summed E-state index contributed by atoms with van der Waals surface area (Å²) in [6.07, 6.45) is -2.18. The highest BCUT2D eigenvalue weighted by atomic mass is 19.4. The van der Waals surface area contributed by atoms with Crippen molar-refractivity contribution in [1.82, 2.24) is 10.2 Å². The second kappa shape index (κ2) is 5.85. The third kappa shape index (κ3) is 3.89. The summed E-state index contributed by atoms with van der Waals surface area (Å²) in [4.78, 5) is 2.31. The highest BCUT2D eigenvalue weighted by molar-refractivity contribution is 5.28. The van der Waals surface area contributed by atoms with E-state index in [4.69, 9.17) is 0 Å². The summed E-state index contributed by atoms with van der Waals surface area (Å²) < 4.78 is 40.7. The third-order valence-electron chi connectivity index (χ3n) is 4.21. The zero-order valence-corrected chi connectivity index (χ0v) is 11.7. The summed E-state index contributed by atoms with van der Waals surface area (Å²) in [6.45, 7) is 3.73. The number of likely N-dealkylation sites (tertiary alicyclic amines) is 1. The quantitative estimate of drug-likeness (QED) is 0.929. The van der Waals surface area contributed by atoms with Crippen LogP contribution in [0, 0.1) is 5.92 Å². The van der Waals surface area contributed by atoms with Crippen molar-refractivity contribution >= 4 is 0 Å². The highest BCUT2D eigenvalue weighted by Gasteiger charge is 2.34. The number of halogens is 3. The molecule has 3 rings (SSSR count). The molecule has 6 heteroatoms. The molecule has 3 nitrogen and oxygen atoms in total. The molecule has 2 aliphatic heterocycles. The SMILES string of the molecule is FC(F)(F)Oc1cccc(CN2C[C@@H]3CCCN[C@@H]3C2)c1. The minimum atomic E-state index is -4.63. The second-order valence-electron chi connectivity index (χ2n) is 5.85. The second-order valence-corrected chi connectivity index (χ2v) is 5.85. The number of hydrogen-bond acceptors (Lipinski definition) is 3. The van der Waals surface area contributed by atoms with Gasteiger partial charge in [0.2, 0.25) is 0 Å². The van der Waals surface area contributed by atoms with Crippen molar-refractivity contribution in [2.24, 2.45) is 5.92 Å². The van der Waals surface area contributed by atoms with Gasteiger partial charge in [0.05, 0.1) is 0 Å².